The van der Waals surface area contributed by atoms with Gasteiger partial charge in [0.2, 0.25) is 5.89 Å². The maximum atomic E-state index is 12.2. The molecule has 128 valence electrons. The highest BCUT2D eigenvalue weighted by atomic mass is 16.5. The van der Waals surface area contributed by atoms with Crippen LogP contribution in [0.3, 0.4) is 0 Å². The second-order valence-corrected chi connectivity index (χ2v) is 6.12. The number of hydrogen-bond acceptors (Lipinski definition) is 5. The minimum atomic E-state index is -0.442. The van der Waals surface area contributed by atoms with Gasteiger partial charge < -0.3 is 19.8 Å². The molecule has 7 nitrogen and oxygen atoms in total. The highest BCUT2D eigenvalue weighted by Crippen LogP contribution is 2.14. The Morgan fingerprint density at radius 1 is 1.46 bits per heavy atom. The lowest BCUT2D eigenvalue weighted by molar-refractivity contribution is 0.0833. The number of aromatic nitrogens is 2. The molecule has 1 aliphatic rings. The Morgan fingerprint density at radius 2 is 2.25 bits per heavy atom. The van der Waals surface area contributed by atoms with E-state index in [0.29, 0.717) is 31.2 Å². The van der Waals surface area contributed by atoms with E-state index in [9.17, 15) is 9.90 Å². The topological polar surface area (TPSA) is 91.5 Å². The van der Waals surface area contributed by atoms with Crippen LogP contribution in [0.5, 0.6) is 0 Å². The van der Waals surface area contributed by atoms with E-state index < -0.39 is 6.10 Å². The maximum absolute atomic E-state index is 12.2. The normalized spacial score (nSPS) is 19.1. The molecule has 2 unspecified atom stereocenters. The third-order valence-electron chi connectivity index (χ3n) is 4.09. The number of amides is 2. The van der Waals surface area contributed by atoms with E-state index in [-0.39, 0.29) is 12.1 Å². The van der Waals surface area contributed by atoms with E-state index in [2.05, 4.69) is 15.5 Å². The van der Waals surface area contributed by atoms with E-state index in [1.165, 1.54) is 0 Å². The molecule has 7 heteroatoms. The van der Waals surface area contributed by atoms with Gasteiger partial charge in [0.1, 0.15) is 0 Å². The van der Waals surface area contributed by atoms with Gasteiger partial charge in [0.25, 0.3) is 0 Å². The molecule has 2 aromatic rings. The van der Waals surface area contributed by atoms with Crippen LogP contribution in [0.4, 0.5) is 4.79 Å². The summed E-state index contributed by atoms with van der Waals surface area (Å²) in [4.78, 5) is 18.2. The van der Waals surface area contributed by atoms with Crippen LogP contribution in [0.25, 0.3) is 0 Å². The third-order valence-corrected chi connectivity index (χ3v) is 4.09. The number of likely N-dealkylation sites (tertiary alicyclic amines) is 1. The van der Waals surface area contributed by atoms with Gasteiger partial charge >= 0.3 is 6.03 Å². The average molecular weight is 330 g/mol. The molecule has 24 heavy (non-hydrogen) atoms. The van der Waals surface area contributed by atoms with Crippen LogP contribution in [0.1, 0.15) is 43.1 Å². The van der Waals surface area contributed by atoms with Crippen molar-refractivity contribution in [1.82, 2.24) is 20.4 Å². The minimum absolute atomic E-state index is 0.212. The summed E-state index contributed by atoms with van der Waals surface area (Å²) in [5, 5.41) is 16.5. The van der Waals surface area contributed by atoms with E-state index in [4.69, 9.17) is 4.52 Å². The molecule has 1 aliphatic heterocycles. The molecular weight excluding hydrogens is 308 g/mol. The van der Waals surface area contributed by atoms with Crippen LogP contribution in [-0.4, -0.2) is 45.4 Å². The van der Waals surface area contributed by atoms with E-state index in [0.717, 1.165) is 18.4 Å². The second-order valence-electron chi connectivity index (χ2n) is 6.12. The van der Waals surface area contributed by atoms with Crippen molar-refractivity contribution in [2.24, 2.45) is 0 Å². The second kappa shape index (κ2) is 7.44. The van der Waals surface area contributed by atoms with Gasteiger partial charge in [0.15, 0.2) is 5.82 Å². The standard InChI is InChI=1S/C17H22N4O3/c1-12(18-17(23)21-9-5-8-14(22)11-21)16-19-15(24-20-16)10-13-6-3-2-4-7-13/h2-4,6-7,12,14,22H,5,8-11H2,1H3,(H,18,23). The van der Waals surface area contributed by atoms with Gasteiger partial charge in [-0.05, 0) is 25.3 Å². The highest BCUT2D eigenvalue weighted by molar-refractivity contribution is 5.74. The summed E-state index contributed by atoms with van der Waals surface area (Å²) >= 11 is 0. The fraction of sp³-hybridized carbons (Fsp3) is 0.471. The van der Waals surface area contributed by atoms with Crippen molar-refractivity contribution >= 4 is 6.03 Å². The van der Waals surface area contributed by atoms with Gasteiger partial charge in [-0.15, -0.1) is 0 Å². The number of urea groups is 1. The number of benzene rings is 1. The third kappa shape index (κ3) is 4.11. The number of nitrogens with zero attached hydrogens (tertiary/aromatic N) is 3. The number of nitrogens with one attached hydrogen (secondary N) is 1. The molecular formula is C17H22N4O3. The number of aliphatic hydroxyl groups is 1. The van der Waals surface area contributed by atoms with Gasteiger partial charge in [0, 0.05) is 13.1 Å². The molecule has 1 saturated heterocycles. The van der Waals surface area contributed by atoms with Gasteiger partial charge in [-0.3, -0.25) is 0 Å². The molecule has 1 aromatic heterocycles. The zero-order valence-corrected chi connectivity index (χ0v) is 13.7. The van der Waals surface area contributed by atoms with Crippen molar-refractivity contribution in [2.75, 3.05) is 13.1 Å². The maximum Gasteiger partial charge on any atom is 0.318 e. The first-order valence-corrected chi connectivity index (χ1v) is 8.21. The Labute approximate surface area is 140 Å². The molecule has 0 spiro atoms. The Hall–Kier alpha value is -2.41. The van der Waals surface area contributed by atoms with Crippen LogP contribution in [0.15, 0.2) is 34.9 Å². The average Bonchev–Trinajstić information content (AvgIpc) is 3.04. The summed E-state index contributed by atoms with van der Waals surface area (Å²) in [6, 6.07) is 9.30. The lowest BCUT2D eigenvalue weighted by Crippen LogP contribution is -2.47. The monoisotopic (exact) mass is 330 g/mol. The predicted octanol–water partition coefficient (Wildman–Crippen LogP) is 1.89. The number of rotatable bonds is 4. The molecule has 0 saturated carbocycles. The quantitative estimate of drug-likeness (QED) is 0.893. The van der Waals surface area contributed by atoms with E-state index in [1.807, 2.05) is 37.3 Å². The number of aliphatic hydroxyl groups excluding tert-OH is 1. The molecule has 0 bridgehead atoms. The number of carbonyl (C=O) groups is 1. The van der Waals surface area contributed by atoms with Crippen LogP contribution >= 0.6 is 0 Å². The van der Waals surface area contributed by atoms with Gasteiger partial charge in [0.05, 0.1) is 18.6 Å². The molecule has 1 fully saturated rings. The predicted molar refractivity (Wildman–Crippen MR) is 87.3 cm³/mol. The lowest BCUT2D eigenvalue weighted by Gasteiger charge is -2.30. The van der Waals surface area contributed by atoms with Crippen molar-refractivity contribution < 1.29 is 14.4 Å². The SMILES string of the molecule is CC(NC(=O)N1CCCC(O)C1)c1noc(Cc2ccccc2)n1. The zero-order chi connectivity index (χ0) is 16.9. The molecule has 1 aromatic carbocycles. The van der Waals surface area contributed by atoms with Crippen LogP contribution in [-0.2, 0) is 6.42 Å². The summed E-state index contributed by atoms with van der Waals surface area (Å²) in [6.45, 7) is 2.83. The molecule has 0 radical (unpaired) electrons. The summed E-state index contributed by atoms with van der Waals surface area (Å²) in [6.07, 6.45) is 1.68. The first-order valence-electron chi connectivity index (χ1n) is 8.21. The Kier molecular flexibility index (Phi) is 5.10. The zero-order valence-electron chi connectivity index (χ0n) is 13.7. The molecule has 2 N–H and O–H groups in total. The molecule has 2 heterocycles. The van der Waals surface area contributed by atoms with Crippen molar-refractivity contribution in [2.45, 2.75) is 38.3 Å². The lowest BCUT2D eigenvalue weighted by atomic mass is 10.1. The van der Waals surface area contributed by atoms with Crippen LogP contribution in [0, 0.1) is 0 Å². The van der Waals surface area contributed by atoms with Crippen LogP contribution in [0.2, 0.25) is 0 Å². The number of carbonyl (C=O) groups excluding carboxylic acids is 1. The number of β-amino-alcohol motifs (C(OH)–C–C–N with tert-alkyl or cyclic N) is 1. The van der Waals surface area contributed by atoms with Crippen molar-refractivity contribution in [3.05, 3.63) is 47.6 Å². The summed E-state index contributed by atoms with van der Waals surface area (Å²) in [5.74, 6) is 0.970. The fourth-order valence-electron chi connectivity index (χ4n) is 2.77. The summed E-state index contributed by atoms with van der Waals surface area (Å²) < 4.78 is 5.27. The first-order chi connectivity index (χ1) is 11.6. The smallest absolute Gasteiger partial charge is 0.318 e. The van der Waals surface area contributed by atoms with Gasteiger partial charge in [-0.25, -0.2) is 4.79 Å². The molecule has 2 atom stereocenters. The number of piperidine rings is 1. The van der Waals surface area contributed by atoms with Crippen molar-refractivity contribution in [3.8, 4) is 0 Å². The Balaban J connectivity index is 1.57. The Morgan fingerprint density at radius 3 is 3.00 bits per heavy atom. The Bertz CT molecular complexity index is 673. The van der Waals surface area contributed by atoms with Crippen LogP contribution < -0.4 is 5.32 Å². The van der Waals surface area contributed by atoms with E-state index in [1.54, 1.807) is 4.90 Å². The fourth-order valence-corrected chi connectivity index (χ4v) is 2.77. The summed E-state index contributed by atoms with van der Waals surface area (Å²) in [7, 11) is 0. The van der Waals surface area contributed by atoms with Crippen molar-refractivity contribution in [1.29, 1.82) is 0 Å². The molecule has 3 rings (SSSR count). The minimum Gasteiger partial charge on any atom is -0.391 e. The first kappa shape index (κ1) is 16.4. The van der Waals surface area contributed by atoms with Gasteiger partial charge in [-0.1, -0.05) is 35.5 Å². The molecule has 2 amide bonds. The van der Waals surface area contributed by atoms with E-state index >= 15 is 0 Å². The highest BCUT2D eigenvalue weighted by Gasteiger charge is 2.24. The largest absolute Gasteiger partial charge is 0.391 e. The summed E-state index contributed by atoms with van der Waals surface area (Å²) in [5.41, 5.74) is 1.09. The number of hydrogen-bond donors (Lipinski definition) is 2. The van der Waals surface area contributed by atoms with Crippen molar-refractivity contribution in [3.63, 3.8) is 0 Å². The molecule has 0 aliphatic carbocycles. The van der Waals surface area contributed by atoms with Gasteiger partial charge in [-0.2, -0.15) is 4.98 Å².